The highest BCUT2D eigenvalue weighted by Crippen LogP contribution is 2.41. The standard InChI is InChI=1S/C23H30N4O5/c1-29-19-6-5-17(21(25-19)30-2)22(28)27-10-8-23(9-11-27)14-15(7-12-31-23)13-18-24-20(32-26-18)16-3-4-16/h5-6,15-16H,3-4,7-14H2,1-2H3. The van der Waals surface area contributed by atoms with Crippen LogP contribution in [0.5, 0.6) is 11.8 Å². The van der Waals surface area contributed by atoms with Crippen molar-refractivity contribution in [1.29, 1.82) is 0 Å². The van der Waals surface area contributed by atoms with Gasteiger partial charge in [-0.15, -0.1) is 0 Å². The summed E-state index contributed by atoms with van der Waals surface area (Å²) in [7, 11) is 3.05. The minimum atomic E-state index is -0.176. The monoisotopic (exact) mass is 442 g/mol. The topological polar surface area (TPSA) is 99.8 Å². The number of pyridine rings is 1. The van der Waals surface area contributed by atoms with Crippen LogP contribution in [0.1, 0.15) is 66.5 Å². The lowest BCUT2D eigenvalue weighted by Crippen LogP contribution is -2.51. The van der Waals surface area contributed by atoms with Crippen LogP contribution in [0.3, 0.4) is 0 Å². The van der Waals surface area contributed by atoms with Crippen molar-refractivity contribution in [2.75, 3.05) is 33.9 Å². The van der Waals surface area contributed by atoms with Gasteiger partial charge in [0, 0.05) is 38.1 Å². The van der Waals surface area contributed by atoms with Gasteiger partial charge in [0.15, 0.2) is 5.82 Å². The summed E-state index contributed by atoms with van der Waals surface area (Å²) in [6.07, 6.45) is 6.77. The first-order valence-corrected chi connectivity index (χ1v) is 11.4. The highest BCUT2D eigenvalue weighted by Gasteiger charge is 2.42. The number of aromatic nitrogens is 3. The molecule has 9 heteroatoms. The van der Waals surface area contributed by atoms with Crippen LogP contribution in [0.4, 0.5) is 0 Å². The molecule has 0 N–H and O–H groups in total. The zero-order valence-electron chi connectivity index (χ0n) is 18.7. The molecule has 3 aliphatic rings. The second-order valence-corrected chi connectivity index (χ2v) is 9.12. The molecule has 2 saturated heterocycles. The van der Waals surface area contributed by atoms with Crippen LogP contribution in [0.15, 0.2) is 16.7 Å². The van der Waals surface area contributed by atoms with Crippen LogP contribution in [-0.2, 0) is 11.2 Å². The van der Waals surface area contributed by atoms with Crippen LogP contribution in [0.2, 0.25) is 0 Å². The van der Waals surface area contributed by atoms with Crippen molar-refractivity contribution in [3.63, 3.8) is 0 Å². The number of carbonyl (C=O) groups excluding carboxylic acids is 1. The number of rotatable bonds is 6. The molecule has 32 heavy (non-hydrogen) atoms. The summed E-state index contributed by atoms with van der Waals surface area (Å²) < 4.78 is 22.2. The van der Waals surface area contributed by atoms with Gasteiger partial charge < -0.3 is 23.6 Å². The molecule has 1 aliphatic carbocycles. The zero-order chi connectivity index (χ0) is 22.1. The highest BCUT2D eigenvalue weighted by atomic mass is 16.5. The third-order valence-electron chi connectivity index (χ3n) is 6.91. The molecule has 0 aromatic carbocycles. The van der Waals surface area contributed by atoms with E-state index >= 15 is 0 Å². The molecule has 3 fully saturated rings. The number of ether oxygens (including phenoxy) is 3. The first kappa shape index (κ1) is 21.2. The quantitative estimate of drug-likeness (QED) is 0.673. The predicted octanol–water partition coefficient (Wildman–Crippen LogP) is 3.00. The molecule has 0 radical (unpaired) electrons. The van der Waals surface area contributed by atoms with Crippen molar-refractivity contribution in [1.82, 2.24) is 20.0 Å². The molecule has 2 aromatic rings. The maximum atomic E-state index is 13.1. The van der Waals surface area contributed by atoms with E-state index in [0.29, 0.717) is 36.4 Å². The molecule has 9 nitrogen and oxygen atoms in total. The van der Waals surface area contributed by atoms with Crippen molar-refractivity contribution in [2.45, 2.75) is 56.5 Å². The highest BCUT2D eigenvalue weighted by molar-refractivity contribution is 5.96. The van der Waals surface area contributed by atoms with Crippen LogP contribution in [0.25, 0.3) is 0 Å². The number of hydrogen-bond donors (Lipinski definition) is 0. The van der Waals surface area contributed by atoms with Gasteiger partial charge in [-0.25, -0.2) is 0 Å². The van der Waals surface area contributed by atoms with E-state index in [4.69, 9.17) is 18.7 Å². The van der Waals surface area contributed by atoms with Crippen molar-refractivity contribution in [3.05, 3.63) is 29.4 Å². The smallest absolute Gasteiger partial charge is 0.259 e. The Morgan fingerprint density at radius 3 is 2.69 bits per heavy atom. The zero-order valence-corrected chi connectivity index (χ0v) is 18.7. The fourth-order valence-electron chi connectivity index (χ4n) is 4.90. The summed E-state index contributed by atoms with van der Waals surface area (Å²) in [5, 5.41) is 4.20. The molecular weight excluding hydrogens is 412 g/mol. The molecule has 0 bridgehead atoms. The van der Waals surface area contributed by atoms with Gasteiger partial charge in [0.05, 0.1) is 19.8 Å². The van der Waals surface area contributed by atoms with E-state index in [-0.39, 0.29) is 17.4 Å². The lowest BCUT2D eigenvalue weighted by molar-refractivity contribution is -0.123. The molecule has 2 aliphatic heterocycles. The Morgan fingerprint density at radius 1 is 1.16 bits per heavy atom. The van der Waals surface area contributed by atoms with E-state index in [0.717, 1.165) is 63.3 Å². The number of amides is 1. The van der Waals surface area contributed by atoms with Crippen LogP contribution >= 0.6 is 0 Å². The third kappa shape index (κ3) is 4.30. The molecule has 1 atom stereocenters. The van der Waals surface area contributed by atoms with Crippen molar-refractivity contribution in [2.24, 2.45) is 5.92 Å². The largest absolute Gasteiger partial charge is 0.481 e. The lowest BCUT2D eigenvalue weighted by Gasteiger charge is -2.46. The van der Waals surface area contributed by atoms with E-state index in [1.54, 1.807) is 12.1 Å². The molecule has 2 aromatic heterocycles. The molecular formula is C23H30N4O5. The second-order valence-electron chi connectivity index (χ2n) is 9.12. The van der Waals surface area contributed by atoms with E-state index in [9.17, 15) is 4.79 Å². The summed E-state index contributed by atoms with van der Waals surface area (Å²) in [5.74, 6) is 3.22. The van der Waals surface area contributed by atoms with E-state index < -0.39 is 0 Å². The second kappa shape index (κ2) is 8.69. The average Bonchev–Trinajstić information content (AvgIpc) is 3.58. The molecule has 5 rings (SSSR count). The number of methoxy groups -OCH3 is 2. The van der Waals surface area contributed by atoms with Gasteiger partial charge in [0.2, 0.25) is 17.7 Å². The Kier molecular flexibility index (Phi) is 5.75. The fraction of sp³-hybridized carbons (Fsp3) is 0.652. The number of likely N-dealkylation sites (tertiary alicyclic amines) is 1. The maximum absolute atomic E-state index is 13.1. The van der Waals surface area contributed by atoms with Gasteiger partial charge in [0.1, 0.15) is 5.56 Å². The normalized spacial score (nSPS) is 22.7. The van der Waals surface area contributed by atoms with Crippen molar-refractivity contribution < 1.29 is 23.5 Å². The third-order valence-corrected chi connectivity index (χ3v) is 6.91. The minimum Gasteiger partial charge on any atom is -0.481 e. The maximum Gasteiger partial charge on any atom is 0.259 e. The molecule has 1 amide bonds. The summed E-state index contributed by atoms with van der Waals surface area (Å²) in [5.41, 5.74) is 0.278. The first-order valence-electron chi connectivity index (χ1n) is 11.4. The van der Waals surface area contributed by atoms with Crippen molar-refractivity contribution >= 4 is 5.91 Å². The number of nitrogens with zero attached hydrogens (tertiary/aromatic N) is 4. The summed E-state index contributed by atoms with van der Waals surface area (Å²) in [6.45, 7) is 2.03. The number of carbonyl (C=O) groups is 1. The van der Waals surface area contributed by atoms with Gasteiger partial charge in [0.25, 0.3) is 5.91 Å². The lowest BCUT2D eigenvalue weighted by atomic mass is 9.78. The van der Waals surface area contributed by atoms with E-state index in [2.05, 4.69) is 15.1 Å². The molecule has 1 saturated carbocycles. The van der Waals surface area contributed by atoms with E-state index in [1.807, 2.05) is 4.90 Å². The Balaban J connectivity index is 1.20. The van der Waals surface area contributed by atoms with E-state index in [1.165, 1.54) is 14.2 Å². The Morgan fingerprint density at radius 2 is 1.97 bits per heavy atom. The number of piperidine rings is 1. The SMILES string of the molecule is COc1ccc(C(=O)N2CCC3(CC2)CC(Cc2noc(C4CC4)n2)CCO3)c(OC)n1. The minimum absolute atomic E-state index is 0.0707. The molecule has 1 unspecified atom stereocenters. The van der Waals surface area contributed by atoms with Crippen LogP contribution in [-0.4, -0.2) is 65.4 Å². The summed E-state index contributed by atoms with van der Waals surface area (Å²) in [6, 6.07) is 3.40. The Labute approximate surface area is 187 Å². The van der Waals surface area contributed by atoms with Crippen LogP contribution in [0, 0.1) is 5.92 Å². The van der Waals surface area contributed by atoms with Gasteiger partial charge in [-0.3, -0.25) is 4.79 Å². The fourth-order valence-corrected chi connectivity index (χ4v) is 4.90. The van der Waals surface area contributed by atoms with Gasteiger partial charge in [-0.1, -0.05) is 5.16 Å². The van der Waals surface area contributed by atoms with Crippen molar-refractivity contribution in [3.8, 4) is 11.8 Å². The molecule has 1 spiro atoms. The molecule has 172 valence electrons. The van der Waals surface area contributed by atoms with Gasteiger partial charge in [-0.05, 0) is 50.5 Å². The summed E-state index contributed by atoms with van der Waals surface area (Å²) in [4.78, 5) is 23.8. The predicted molar refractivity (Wildman–Crippen MR) is 114 cm³/mol. The number of hydrogen-bond acceptors (Lipinski definition) is 8. The Bertz CT molecular complexity index is 965. The Hall–Kier alpha value is -2.68. The van der Waals surface area contributed by atoms with Gasteiger partial charge in [-0.2, -0.15) is 9.97 Å². The first-order chi connectivity index (χ1) is 15.6. The van der Waals surface area contributed by atoms with Gasteiger partial charge >= 0.3 is 0 Å². The summed E-state index contributed by atoms with van der Waals surface area (Å²) >= 11 is 0. The van der Waals surface area contributed by atoms with Crippen LogP contribution < -0.4 is 9.47 Å². The molecule has 4 heterocycles. The average molecular weight is 443 g/mol.